The zero-order valence-corrected chi connectivity index (χ0v) is 11.1. The minimum absolute atomic E-state index is 0.108. The van der Waals surface area contributed by atoms with Crippen molar-refractivity contribution < 1.29 is 24.2 Å². The smallest absolute Gasteiger partial charge is 0.307 e. The first-order valence-corrected chi connectivity index (χ1v) is 6.80. The average Bonchev–Trinajstić information content (AvgIpc) is 2.76. The Morgan fingerprint density at radius 3 is 2.63 bits per heavy atom. The van der Waals surface area contributed by atoms with E-state index >= 15 is 0 Å². The van der Waals surface area contributed by atoms with E-state index in [1.807, 2.05) is 6.92 Å². The molecular weight excluding hydrogens is 250 g/mol. The molecule has 1 saturated carbocycles. The fourth-order valence-electron chi connectivity index (χ4n) is 2.43. The molecule has 0 aromatic carbocycles. The van der Waals surface area contributed by atoms with E-state index in [1.54, 1.807) is 0 Å². The molecule has 1 aliphatic heterocycles. The lowest BCUT2D eigenvalue weighted by Gasteiger charge is -2.33. The van der Waals surface area contributed by atoms with Gasteiger partial charge in [0.1, 0.15) is 0 Å². The summed E-state index contributed by atoms with van der Waals surface area (Å²) >= 11 is 0. The number of rotatable bonds is 6. The van der Waals surface area contributed by atoms with Crippen molar-refractivity contribution in [2.75, 3.05) is 19.8 Å². The molecule has 6 heteroatoms. The first kappa shape index (κ1) is 14.3. The molecule has 1 heterocycles. The molecule has 0 spiro atoms. The van der Waals surface area contributed by atoms with Crippen LogP contribution < -0.4 is 5.32 Å². The molecular formula is C13H21NO5. The van der Waals surface area contributed by atoms with Crippen molar-refractivity contribution in [3.63, 3.8) is 0 Å². The third-order valence-corrected chi connectivity index (χ3v) is 3.79. The van der Waals surface area contributed by atoms with Crippen LogP contribution in [-0.2, 0) is 19.1 Å². The third-order valence-electron chi connectivity index (χ3n) is 3.79. The van der Waals surface area contributed by atoms with Crippen molar-refractivity contribution in [3.8, 4) is 0 Å². The van der Waals surface area contributed by atoms with Gasteiger partial charge >= 0.3 is 5.97 Å². The van der Waals surface area contributed by atoms with Gasteiger partial charge in [-0.2, -0.15) is 0 Å². The Balaban J connectivity index is 1.68. The van der Waals surface area contributed by atoms with Gasteiger partial charge in [0.05, 0.1) is 31.2 Å². The lowest BCUT2D eigenvalue weighted by molar-refractivity contribution is -0.153. The molecule has 0 aromatic heterocycles. The highest BCUT2D eigenvalue weighted by atomic mass is 16.5. The summed E-state index contributed by atoms with van der Waals surface area (Å²) in [5.41, 5.74) is 0. The Morgan fingerprint density at radius 2 is 2.11 bits per heavy atom. The van der Waals surface area contributed by atoms with Crippen LogP contribution in [0.3, 0.4) is 0 Å². The maximum atomic E-state index is 11.9. The summed E-state index contributed by atoms with van der Waals surface area (Å²) in [7, 11) is 0. The maximum Gasteiger partial charge on any atom is 0.307 e. The first-order valence-electron chi connectivity index (χ1n) is 6.80. The minimum atomic E-state index is -0.876. The van der Waals surface area contributed by atoms with Crippen molar-refractivity contribution in [1.82, 2.24) is 5.32 Å². The number of hydrogen-bond acceptors (Lipinski definition) is 4. The van der Waals surface area contributed by atoms with Gasteiger partial charge in [0.25, 0.3) is 0 Å². The van der Waals surface area contributed by atoms with Crippen LogP contribution in [0.2, 0.25) is 0 Å². The van der Waals surface area contributed by atoms with Crippen LogP contribution in [0.15, 0.2) is 0 Å². The van der Waals surface area contributed by atoms with Crippen molar-refractivity contribution in [2.24, 2.45) is 11.8 Å². The van der Waals surface area contributed by atoms with Crippen LogP contribution in [-0.4, -0.2) is 48.9 Å². The maximum absolute atomic E-state index is 11.9. The number of carboxylic acid groups (broad SMARTS) is 1. The predicted octanol–water partition coefficient (Wildman–Crippen LogP) is 0.407. The second kappa shape index (κ2) is 6.34. The number of amides is 1. The second-order valence-corrected chi connectivity index (χ2v) is 5.36. The lowest BCUT2D eigenvalue weighted by atomic mass is 9.73. The highest BCUT2D eigenvalue weighted by Gasteiger charge is 2.41. The summed E-state index contributed by atoms with van der Waals surface area (Å²) in [5, 5.41) is 11.7. The van der Waals surface area contributed by atoms with Crippen molar-refractivity contribution in [2.45, 2.75) is 38.3 Å². The SMILES string of the molecule is CC(COC1CCOC1)NC(=O)C1CCC1C(=O)O. The van der Waals surface area contributed by atoms with Gasteiger partial charge in [0.2, 0.25) is 5.91 Å². The van der Waals surface area contributed by atoms with Gasteiger partial charge in [-0.05, 0) is 26.2 Å². The van der Waals surface area contributed by atoms with Crippen LogP contribution in [0, 0.1) is 11.8 Å². The van der Waals surface area contributed by atoms with Gasteiger partial charge in [-0.15, -0.1) is 0 Å². The zero-order chi connectivity index (χ0) is 13.8. The molecule has 0 bridgehead atoms. The summed E-state index contributed by atoms with van der Waals surface area (Å²) in [6.07, 6.45) is 2.27. The largest absolute Gasteiger partial charge is 0.481 e. The predicted molar refractivity (Wildman–Crippen MR) is 66.6 cm³/mol. The van der Waals surface area contributed by atoms with Gasteiger partial charge < -0.3 is 19.9 Å². The van der Waals surface area contributed by atoms with E-state index in [-0.39, 0.29) is 24.0 Å². The molecule has 4 atom stereocenters. The topological polar surface area (TPSA) is 84.9 Å². The van der Waals surface area contributed by atoms with Gasteiger partial charge in [0, 0.05) is 12.6 Å². The quantitative estimate of drug-likeness (QED) is 0.731. The normalized spacial score (nSPS) is 31.5. The summed E-state index contributed by atoms with van der Waals surface area (Å²) in [6.45, 7) is 3.64. The van der Waals surface area contributed by atoms with Gasteiger partial charge in [0.15, 0.2) is 0 Å². The molecule has 19 heavy (non-hydrogen) atoms. The van der Waals surface area contributed by atoms with Crippen LogP contribution in [0.4, 0.5) is 0 Å². The Bertz CT molecular complexity index is 340. The highest BCUT2D eigenvalue weighted by Crippen LogP contribution is 2.34. The molecule has 2 fully saturated rings. The van der Waals surface area contributed by atoms with Crippen molar-refractivity contribution in [1.29, 1.82) is 0 Å². The zero-order valence-electron chi connectivity index (χ0n) is 11.1. The molecule has 6 nitrogen and oxygen atoms in total. The van der Waals surface area contributed by atoms with E-state index < -0.39 is 11.9 Å². The summed E-state index contributed by atoms with van der Waals surface area (Å²) in [4.78, 5) is 22.8. The highest BCUT2D eigenvalue weighted by molar-refractivity contribution is 5.86. The molecule has 1 saturated heterocycles. The Morgan fingerprint density at radius 1 is 1.37 bits per heavy atom. The van der Waals surface area contributed by atoms with E-state index in [0.29, 0.717) is 26.1 Å². The minimum Gasteiger partial charge on any atom is -0.481 e. The van der Waals surface area contributed by atoms with Gasteiger partial charge in [-0.3, -0.25) is 9.59 Å². The average molecular weight is 271 g/mol. The number of hydrogen-bond donors (Lipinski definition) is 2. The van der Waals surface area contributed by atoms with Crippen LogP contribution >= 0.6 is 0 Å². The summed E-state index contributed by atoms with van der Waals surface area (Å²) in [6, 6.07) is -0.108. The fraction of sp³-hybridized carbons (Fsp3) is 0.846. The standard InChI is InChI=1S/C13H21NO5/c1-8(6-19-9-4-5-18-7-9)14-12(15)10-2-3-11(10)13(16)17/h8-11H,2-7H2,1H3,(H,14,15)(H,16,17). The van der Waals surface area contributed by atoms with E-state index in [0.717, 1.165) is 13.0 Å². The van der Waals surface area contributed by atoms with Crippen molar-refractivity contribution >= 4 is 11.9 Å². The Hall–Kier alpha value is -1.14. The molecule has 2 N–H and O–H groups in total. The number of carbonyl (C=O) groups excluding carboxylic acids is 1. The van der Waals surface area contributed by atoms with E-state index in [9.17, 15) is 9.59 Å². The Kier molecular flexibility index (Phi) is 4.76. The summed E-state index contributed by atoms with van der Waals surface area (Å²) in [5.74, 6) is -1.94. The molecule has 0 radical (unpaired) electrons. The Labute approximate surface area is 112 Å². The summed E-state index contributed by atoms with van der Waals surface area (Å²) < 4.78 is 10.8. The van der Waals surface area contributed by atoms with Crippen molar-refractivity contribution in [3.05, 3.63) is 0 Å². The second-order valence-electron chi connectivity index (χ2n) is 5.36. The molecule has 108 valence electrons. The number of carbonyl (C=O) groups is 2. The van der Waals surface area contributed by atoms with Crippen LogP contribution in [0.5, 0.6) is 0 Å². The number of ether oxygens (including phenoxy) is 2. The van der Waals surface area contributed by atoms with Crippen LogP contribution in [0.25, 0.3) is 0 Å². The monoisotopic (exact) mass is 271 g/mol. The molecule has 2 rings (SSSR count). The molecule has 1 aliphatic carbocycles. The van der Waals surface area contributed by atoms with Crippen LogP contribution in [0.1, 0.15) is 26.2 Å². The first-order chi connectivity index (χ1) is 9.08. The van der Waals surface area contributed by atoms with Gasteiger partial charge in [-0.1, -0.05) is 0 Å². The van der Waals surface area contributed by atoms with Gasteiger partial charge in [-0.25, -0.2) is 0 Å². The number of carboxylic acids is 1. The van der Waals surface area contributed by atoms with E-state index in [2.05, 4.69) is 5.32 Å². The molecule has 0 aromatic rings. The lowest BCUT2D eigenvalue weighted by Crippen LogP contribution is -2.47. The van der Waals surface area contributed by atoms with E-state index in [1.165, 1.54) is 0 Å². The number of aliphatic carboxylic acids is 1. The fourth-order valence-corrected chi connectivity index (χ4v) is 2.43. The molecule has 4 unspecified atom stereocenters. The van der Waals surface area contributed by atoms with E-state index in [4.69, 9.17) is 14.6 Å². The molecule has 2 aliphatic rings. The third kappa shape index (κ3) is 3.67. The molecule has 1 amide bonds. The number of nitrogens with one attached hydrogen (secondary N) is 1.